The van der Waals surface area contributed by atoms with Crippen LogP contribution in [0.3, 0.4) is 0 Å². The average molecular weight is 292 g/mol. The highest BCUT2D eigenvalue weighted by Gasteiger charge is 2.14. The minimum absolute atomic E-state index is 0.0758. The van der Waals surface area contributed by atoms with Crippen LogP contribution in [0, 0.1) is 0 Å². The van der Waals surface area contributed by atoms with Gasteiger partial charge in [-0.25, -0.2) is 8.78 Å². The SMILES string of the molecule is FC(F)c1sc(Br)cc1Br. The number of thiophene rings is 1. The number of halogens is 4. The largest absolute Gasteiger partial charge is 0.273 e. The van der Waals surface area contributed by atoms with Crippen molar-refractivity contribution in [2.75, 3.05) is 0 Å². The molecule has 0 atom stereocenters. The molecule has 0 radical (unpaired) electrons. The summed E-state index contributed by atoms with van der Waals surface area (Å²) in [5.74, 6) is 0. The monoisotopic (exact) mass is 290 g/mol. The van der Waals surface area contributed by atoms with Gasteiger partial charge in [0.25, 0.3) is 6.43 Å². The zero-order valence-corrected chi connectivity index (χ0v) is 8.56. The summed E-state index contributed by atoms with van der Waals surface area (Å²) in [7, 11) is 0. The topological polar surface area (TPSA) is 0 Å². The van der Waals surface area contributed by atoms with E-state index in [-0.39, 0.29) is 4.88 Å². The molecule has 0 nitrogen and oxygen atoms in total. The van der Waals surface area contributed by atoms with Crippen LogP contribution in [0.4, 0.5) is 8.78 Å². The van der Waals surface area contributed by atoms with Gasteiger partial charge in [0, 0.05) is 4.47 Å². The van der Waals surface area contributed by atoms with E-state index in [0.29, 0.717) is 4.47 Å². The van der Waals surface area contributed by atoms with Gasteiger partial charge < -0.3 is 0 Å². The van der Waals surface area contributed by atoms with Gasteiger partial charge in [-0.1, -0.05) is 0 Å². The molecular formula is C5H2Br2F2S. The van der Waals surface area contributed by atoms with Crippen LogP contribution < -0.4 is 0 Å². The van der Waals surface area contributed by atoms with Crippen molar-refractivity contribution in [3.63, 3.8) is 0 Å². The third-order valence-corrected chi connectivity index (χ3v) is 3.45. The Balaban J connectivity index is 3.03. The van der Waals surface area contributed by atoms with Gasteiger partial charge in [-0.15, -0.1) is 11.3 Å². The predicted molar refractivity (Wildman–Crippen MR) is 44.7 cm³/mol. The van der Waals surface area contributed by atoms with Crippen molar-refractivity contribution in [2.24, 2.45) is 0 Å². The molecule has 0 aliphatic rings. The van der Waals surface area contributed by atoms with Gasteiger partial charge in [-0.05, 0) is 37.9 Å². The molecule has 0 N–H and O–H groups in total. The van der Waals surface area contributed by atoms with Crippen molar-refractivity contribution >= 4 is 43.2 Å². The fourth-order valence-electron chi connectivity index (χ4n) is 0.503. The normalized spacial score (nSPS) is 10.9. The second-order valence-electron chi connectivity index (χ2n) is 1.56. The molecule has 56 valence electrons. The lowest BCUT2D eigenvalue weighted by Gasteiger charge is -1.91. The van der Waals surface area contributed by atoms with Gasteiger partial charge in [-0.2, -0.15) is 0 Å². The minimum atomic E-state index is -2.38. The first kappa shape index (κ1) is 8.62. The van der Waals surface area contributed by atoms with E-state index in [4.69, 9.17) is 0 Å². The van der Waals surface area contributed by atoms with Crippen LogP contribution in [0.15, 0.2) is 14.3 Å². The molecule has 0 aliphatic heterocycles. The van der Waals surface area contributed by atoms with Crippen molar-refractivity contribution in [1.82, 2.24) is 0 Å². The van der Waals surface area contributed by atoms with E-state index in [2.05, 4.69) is 31.9 Å². The molecule has 0 fully saturated rings. The van der Waals surface area contributed by atoms with Crippen molar-refractivity contribution in [3.05, 3.63) is 19.2 Å². The van der Waals surface area contributed by atoms with E-state index in [1.54, 1.807) is 6.07 Å². The molecule has 0 saturated heterocycles. The van der Waals surface area contributed by atoms with Gasteiger partial charge in [0.2, 0.25) is 0 Å². The molecule has 1 rings (SSSR count). The molecule has 0 spiro atoms. The van der Waals surface area contributed by atoms with Crippen LogP contribution in [-0.4, -0.2) is 0 Å². The first-order valence-corrected chi connectivity index (χ1v) is 4.74. The lowest BCUT2D eigenvalue weighted by molar-refractivity contribution is 0.155. The van der Waals surface area contributed by atoms with Crippen LogP contribution >= 0.6 is 43.2 Å². The zero-order chi connectivity index (χ0) is 7.72. The first-order chi connectivity index (χ1) is 4.61. The van der Waals surface area contributed by atoms with Crippen molar-refractivity contribution in [1.29, 1.82) is 0 Å². The molecular weight excluding hydrogens is 290 g/mol. The zero-order valence-electron chi connectivity index (χ0n) is 4.57. The maximum atomic E-state index is 12.0. The molecule has 0 bridgehead atoms. The molecule has 1 aromatic heterocycles. The Morgan fingerprint density at radius 3 is 2.20 bits per heavy atom. The van der Waals surface area contributed by atoms with E-state index < -0.39 is 6.43 Å². The van der Waals surface area contributed by atoms with Crippen molar-refractivity contribution in [3.8, 4) is 0 Å². The Morgan fingerprint density at radius 1 is 1.40 bits per heavy atom. The molecule has 0 unspecified atom stereocenters. The highest BCUT2D eigenvalue weighted by atomic mass is 79.9. The molecule has 0 amide bonds. The molecule has 0 aliphatic carbocycles. The van der Waals surface area contributed by atoms with Crippen molar-refractivity contribution in [2.45, 2.75) is 6.43 Å². The molecule has 1 heterocycles. The lowest BCUT2D eigenvalue weighted by Crippen LogP contribution is -1.75. The lowest BCUT2D eigenvalue weighted by atomic mass is 10.5. The van der Waals surface area contributed by atoms with Gasteiger partial charge in [0.15, 0.2) is 0 Å². The van der Waals surface area contributed by atoms with Gasteiger partial charge in [-0.3, -0.25) is 0 Å². The van der Waals surface area contributed by atoms with Gasteiger partial charge in [0.1, 0.15) is 0 Å². The molecule has 10 heavy (non-hydrogen) atoms. The Kier molecular flexibility index (Phi) is 2.82. The summed E-state index contributed by atoms with van der Waals surface area (Å²) in [4.78, 5) is 0.0758. The smallest absolute Gasteiger partial charge is 0.204 e. The first-order valence-electron chi connectivity index (χ1n) is 2.34. The number of hydrogen-bond donors (Lipinski definition) is 0. The van der Waals surface area contributed by atoms with Crippen LogP contribution in [0.1, 0.15) is 11.3 Å². The Bertz CT molecular complexity index is 234. The summed E-state index contributed by atoms with van der Waals surface area (Å²) in [6.45, 7) is 0. The second kappa shape index (κ2) is 3.28. The minimum Gasteiger partial charge on any atom is -0.204 e. The maximum Gasteiger partial charge on any atom is 0.273 e. The Hall–Kier alpha value is 0.520. The molecule has 0 saturated carbocycles. The fourth-order valence-corrected chi connectivity index (χ4v) is 2.99. The quantitative estimate of drug-likeness (QED) is 0.727. The maximum absolute atomic E-state index is 12.0. The van der Waals surface area contributed by atoms with Gasteiger partial charge in [0.05, 0.1) is 8.66 Å². The summed E-state index contributed by atoms with van der Waals surface area (Å²) < 4.78 is 25.2. The summed E-state index contributed by atoms with van der Waals surface area (Å²) in [6.07, 6.45) is -2.38. The van der Waals surface area contributed by atoms with Crippen molar-refractivity contribution < 1.29 is 8.78 Å². The summed E-state index contributed by atoms with van der Waals surface area (Å²) in [6, 6.07) is 1.62. The predicted octanol–water partition coefficient (Wildman–Crippen LogP) is 4.21. The fraction of sp³-hybridized carbons (Fsp3) is 0.200. The van der Waals surface area contributed by atoms with Crippen LogP contribution in [-0.2, 0) is 0 Å². The van der Waals surface area contributed by atoms with E-state index >= 15 is 0 Å². The standard InChI is InChI=1S/C5H2Br2F2S/c6-2-1-3(7)10-4(2)5(8)9/h1,5H. The summed E-state index contributed by atoms with van der Waals surface area (Å²) >= 11 is 7.17. The molecule has 1 aromatic rings. The van der Waals surface area contributed by atoms with E-state index in [1.807, 2.05) is 0 Å². The third kappa shape index (κ3) is 1.77. The van der Waals surface area contributed by atoms with E-state index in [0.717, 1.165) is 15.1 Å². The molecule has 0 aromatic carbocycles. The van der Waals surface area contributed by atoms with E-state index in [9.17, 15) is 8.78 Å². The van der Waals surface area contributed by atoms with Crippen LogP contribution in [0.25, 0.3) is 0 Å². The summed E-state index contributed by atoms with van der Waals surface area (Å²) in [5.41, 5.74) is 0. The number of alkyl halides is 2. The second-order valence-corrected chi connectivity index (χ2v) is 4.88. The average Bonchev–Trinajstić information content (AvgIpc) is 2.10. The molecule has 5 heteroatoms. The third-order valence-electron chi connectivity index (χ3n) is 0.881. The van der Waals surface area contributed by atoms with Crippen LogP contribution in [0.2, 0.25) is 0 Å². The van der Waals surface area contributed by atoms with Gasteiger partial charge >= 0.3 is 0 Å². The summed E-state index contributed by atoms with van der Waals surface area (Å²) in [5, 5.41) is 0. The number of hydrogen-bond acceptors (Lipinski definition) is 1. The Morgan fingerprint density at radius 2 is 2.00 bits per heavy atom. The van der Waals surface area contributed by atoms with Crippen LogP contribution in [0.5, 0.6) is 0 Å². The van der Waals surface area contributed by atoms with E-state index in [1.165, 1.54) is 0 Å². The highest BCUT2D eigenvalue weighted by Crippen LogP contribution is 2.37. The Labute approximate surface area is 77.5 Å². The highest BCUT2D eigenvalue weighted by molar-refractivity contribution is 9.11. The number of rotatable bonds is 1.